The zero-order valence-corrected chi connectivity index (χ0v) is 6.08. The quantitative estimate of drug-likeness (QED) is 0.203. The highest BCUT2D eigenvalue weighted by molar-refractivity contribution is 5.88. The molecule has 1 unspecified atom stereocenters. The number of hydrogen-bond acceptors (Lipinski definition) is 3. The zero-order chi connectivity index (χ0) is 8.27. The van der Waals surface area contributed by atoms with Gasteiger partial charge >= 0.3 is 0 Å². The number of amidine groups is 1. The Hall–Kier alpha value is -1.26. The summed E-state index contributed by atoms with van der Waals surface area (Å²) in [5.41, 5.74) is 5.33. The number of piperidine rings is 1. The van der Waals surface area contributed by atoms with E-state index in [1.807, 2.05) is 0 Å². The van der Waals surface area contributed by atoms with Crippen LogP contribution < -0.4 is 11.1 Å². The molecule has 1 heterocycles. The summed E-state index contributed by atoms with van der Waals surface area (Å²) in [7, 11) is 0. The lowest BCUT2D eigenvalue weighted by Crippen LogP contribution is -2.39. The Morgan fingerprint density at radius 1 is 1.82 bits per heavy atom. The van der Waals surface area contributed by atoms with E-state index < -0.39 is 0 Å². The minimum absolute atomic E-state index is 0.0344. The van der Waals surface area contributed by atoms with Crippen LogP contribution in [0.1, 0.15) is 12.8 Å². The summed E-state index contributed by atoms with van der Waals surface area (Å²) in [6.45, 7) is 0.611. The first-order valence-electron chi connectivity index (χ1n) is 3.48. The van der Waals surface area contributed by atoms with Crippen LogP contribution in [0.4, 0.5) is 0 Å². The van der Waals surface area contributed by atoms with Gasteiger partial charge in [0.15, 0.2) is 0 Å². The molecule has 1 atom stereocenters. The van der Waals surface area contributed by atoms with Gasteiger partial charge in [0.1, 0.15) is 5.84 Å². The molecule has 0 aliphatic carbocycles. The first-order chi connectivity index (χ1) is 5.24. The van der Waals surface area contributed by atoms with Gasteiger partial charge in [-0.2, -0.15) is 0 Å². The molecule has 0 aromatic heterocycles. The van der Waals surface area contributed by atoms with Crippen molar-refractivity contribution in [3.8, 4) is 0 Å². The predicted molar refractivity (Wildman–Crippen MR) is 39.1 cm³/mol. The summed E-state index contributed by atoms with van der Waals surface area (Å²) in [4.78, 5) is 10.8. The molecule has 5 heteroatoms. The number of hydrogen-bond donors (Lipinski definition) is 3. The van der Waals surface area contributed by atoms with Crippen LogP contribution in [0.5, 0.6) is 0 Å². The second-order valence-electron chi connectivity index (χ2n) is 2.56. The monoisotopic (exact) mass is 157 g/mol. The molecule has 0 bridgehead atoms. The van der Waals surface area contributed by atoms with Gasteiger partial charge in [0.25, 0.3) is 0 Å². The van der Waals surface area contributed by atoms with Crippen LogP contribution in [-0.4, -0.2) is 23.5 Å². The van der Waals surface area contributed by atoms with Gasteiger partial charge in [-0.1, -0.05) is 5.16 Å². The lowest BCUT2D eigenvalue weighted by molar-refractivity contribution is -0.122. The molecular formula is C6H11N3O2. The van der Waals surface area contributed by atoms with Crippen molar-refractivity contribution < 1.29 is 10.0 Å². The van der Waals surface area contributed by atoms with Crippen LogP contribution in [0.3, 0.4) is 0 Å². The van der Waals surface area contributed by atoms with Gasteiger partial charge in [0, 0.05) is 18.9 Å². The van der Waals surface area contributed by atoms with E-state index in [1.54, 1.807) is 0 Å². The molecule has 11 heavy (non-hydrogen) atoms. The van der Waals surface area contributed by atoms with Crippen LogP contribution in [-0.2, 0) is 4.79 Å². The van der Waals surface area contributed by atoms with Crippen LogP contribution in [0, 0.1) is 5.92 Å². The molecule has 1 saturated heterocycles. The summed E-state index contributed by atoms with van der Waals surface area (Å²) >= 11 is 0. The van der Waals surface area contributed by atoms with E-state index >= 15 is 0 Å². The average Bonchev–Trinajstić information content (AvgIpc) is 2.03. The second kappa shape index (κ2) is 3.23. The molecule has 4 N–H and O–H groups in total. The minimum atomic E-state index is -0.0891. The lowest BCUT2D eigenvalue weighted by Gasteiger charge is -2.20. The first-order valence-corrected chi connectivity index (χ1v) is 3.48. The van der Waals surface area contributed by atoms with E-state index in [4.69, 9.17) is 10.9 Å². The highest BCUT2D eigenvalue weighted by Gasteiger charge is 2.22. The molecule has 1 rings (SSSR count). The number of amides is 1. The van der Waals surface area contributed by atoms with Gasteiger partial charge in [-0.3, -0.25) is 4.79 Å². The molecule has 1 amide bonds. The molecule has 0 radical (unpaired) electrons. The molecule has 1 aliphatic heterocycles. The number of oxime groups is 1. The molecule has 0 aromatic carbocycles. The third-order valence-corrected chi connectivity index (χ3v) is 1.78. The number of rotatable bonds is 1. The number of nitrogens with zero attached hydrogens (tertiary/aromatic N) is 1. The van der Waals surface area contributed by atoms with Crippen molar-refractivity contribution in [2.75, 3.05) is 6.54 Å². The predicted octanol–water partition coefficient (Wildman–Crippen LogP) is -0.741. The maximum Gasteiger partial charge on any atom is 0.220 e. The Morgan fingerprint density at radius 3 is 3.09 bits per heavy atom. The maximum absolute atomic E-state index is 10.8. The van der Waals surface area contributed by atoms with Gasteiger partial charge < -0.3 is 16.3 Å². The van der Waals surface area contributed by atoms with Crippen molar-refractivity contribution >= 4 is 11.7 Å². The van der Waals surface area contributed by atoms with Crippen molar-refractivity contribution in [3.05, 3.63) is 0 Å². The minimum Gasteiger partial charge on any atom is -0.409 e. The van der Waals surface area contributed by atoms with Gasteiger partial charge in [-0.25, -0.2) is 0 Å². The fourth-order valence-electron chi connectivity index (χ4n) is 1.12. The number of nitrogens with one attached hydrogen (secondary N) is 1. The molecule has 1 fully saturated rings. The van der Waals surface area contributed by atoms with Crippen LogP contribution in [0.2, 0.25) is 0 Å². The SMILES string of the molecule is N/C(=N\O)C1CCNC(=O)C1. The number of nitrogens with two attached hydrogens (primary N) is 1. The lowest BCUT2D eigenvalue weighted by atomic mass is 9.97. The summed E-state index contributed by atoms with van der Waals surface area (Å²) in [5, 5.41) is 13.8. The summed E-state index contributed by atoms with van der Waals surface area (Å²) < 4.78 is 0. The molecule has 0 saturated carbocycles. The molecule has 5 nitrogen and oxygen atoms in total. The molecule has 0 aromatic rings. The van der Waals surface area contributed by atoms with E-state index in [1.165, 1.54) is 0 Å². The Bertz CT molecular complexity index is 190. The highest BCUT2D eigenvalue weighted by Crippen LogP contribution is 2.11. The molecule has 62 valence electrons. The Balaban J connectivity index is 2.52. The largest absolute Gasteiger partial charge is 0.409 e. The van der Waals surface area contributed by atoms with E-state index in [-0.39, 0.29) is 17.7 Å². The van der Waals surface area contributed by atoms with E-state index in [0.717, 1.165) is 6.42 Å². The van der Waals surface area contributed by atoms with Crippen molar-refractivity contribution in [1.82, 2.24) is 5.32 Å². The maximum atomic E-state index is 10.8. The zero-order valence-electron chi connectivity index (χ0n) is 6.08. The summed E-state index contributed by atoms with van der Waals surface area (Å²) in [6, 6.07) is 0. The second-order valence-corrected chi connectivity index (χ2v) is 2.56. The molecule has 1 aliphatic rings. The third kappa shape index (κ3) is 1.83. The number of carbonyl (C=O) groups is 1. The topological polar surface area (TPSA) is 87.7 Å². The third-order valence-electron chi connectivity index (χ3n) is 1.78. The normalized spacial score (nSPS) is 26.4. The summed E-state index contributed by atoms with van der Waals surface area (Å²) in [6.07, 6.45) is 1.08. The Labute approximate surface area is 64.3 Å². The smallest absolute Gasteiger partial charge is 0.220 e. The number of carbonyl (C=O) groups excluding carboxylic acids is 1. The van der Waals surface area contributed by atoms with E-state index in [9.17, 15) is 4.79 Å². The van der Waals surface area contributed by atoms with Crippen molar-refractivity contribution in [2.45, 2.75) is 12.8 Å². The molecular weight excluding hydrogens is 146 g/mol. The standard InChI is InChI=1S/C6H11N3O2/c7-6(9-11)4-1-2-8-5(10)3-4/h4,11H,1-3H2,(H2,7,9)(H,8,10). The highest BCUT2D eigenvalue weighted by atomic mass is 16.4. The van der Waals surface area contributed by atoms with Crippen molar-refractivity contribution in [3.63, 3.8) is 0 Å². The molecule has 0 spiro atoms. The van der Waals surface area contributed by atoms with Crippen molar-refractivity contribution in [2.24, 2.45) is 16.8 Å². The van der Waals surface area contributed by atoms with Gasteiger partial charge in [-0.05, 0) is 6.42 Å². The fourth-order valence-corrected chi connectivity index (χ4v) is 1.12. The van der Waals surface area contributed by atoms with Gasteiger partial charge in [0.05, 0.1) is 0 Å². The van der Waals surface area contributed by atoms with Gasteiger partial charge in [0.2, 0.25) is 5.91 Å². The Morgan fingerprint density at radius 2 is 2.55 bits per heavy atom. The van der Waals surface area contributed by atoms with E-state index in [0.29, 0.717) is 13.0 Å². The Kier molecular flexibility index (Phi) is 2.30. The van der Waals surface area contributed by atoms with Crippen molar-refractivity contribution in [1.29, 1.82) is 0 Å². The first kappa shape index (κ1) is 7.84. The summed E-state index contributed by atoms with van der Waals surface area (Å²) in [5.74, 6) is 0.0291. The fraction of sp³-hybridized carbons (Fsp3) is 0.667. The van der Waals surface area contributed by atoms with E-state index in [2.05, 4.69) is 10.5 Å². The van der Waals surface area contributed by atoms with Crippen LogP contribution in [0.15, 0.2) is 5.16 Å². The van der Waals surface area contributed by atoms with Gasteiger partial charge in [-0.15, -0.1) is 0 Å². The average molecular weight is 157 g/mol. The van der Waals surface area contributed by atoms with Crippen LogP contribution in [0.25, 0.3) is 0 Å². The van der Waals surface area contributed by atoms with Crippen LogP contribution >= 0.6 is 0 Å².